The molecule has 2 rings (SSSR count). The molecule has 2 unspecified atom stereocenters. The van der Waals surface area contributed by atoms with Crippen LogP contribution in [0.25, 0.3) is 0 Å². The molecular formula is C12H12ClNO4. The van der Waals surface area contributed by atoms with Crippen molar-refractivity contribution in [2.45, 2.75) is 12.8 Å². The fourth-order valence-corrected chi connectivity index (χ4v) is 2.35. The summed E-state index contributed by atoms with van der Waals surface area (Å²) in [7, 11) is 1.20. The van der Waals surface area contributed by atoms with Crippen LogP contribution in [0.15, 0.2) is 22.9 Å². The largest absolute Gasteiger partial charge is 0.468 e. The van der Waals surface area contributed by atoms with Crippen molar-refractivity contribution in [1.29, 1.82) is 0 Å². The number of methoxy groups -OCH3 is 1. The van der Waals surface area contributed by atoms with E-state index >= 15 is 0 Å². The van der Waals surface area contributed by atoms with E-state index in [1.165, 1.54) is 7.11 Å². The summed E-state index contributed by atoms with van der Waals surface area (Å²) in [6.07, 6.45) is 3.44. The lowest BCUT2D eigenvalue weighted by Gasteiger charge is -2.20. The lowest BCUT2D eigenvalue weighted by molar-refractivity contribution is -0.151. The summed E-state index contributed by atoms with van der Waals surface area (Å²) < 4.78 is 4.56. The molecule has 0 spiro atoms. The Bertz CT molecular complexity index is 480. The Morgan fingerprint density at radius 2 is 2.22 bits per heavy atom. The van der Waals surface area contributed by atoms with E-state index in [1.54, 1.807) is 12.2 Å². The first-order chi connectivity index (χ1) is 8.52. The van der Waals surface area contributed by atoms with Gasteiger partial charge in [-0.2, -0.15) is 0 Å². The van der Waals surface area contributed by atoms with Crippen LogP contribution in [0.5, 0.6) is 0 Å². The van der Waals surface area contributed by atoms with Crippen molar-refractivity contribution >= 4 is 29.3 Å². The van der Waals surface area contributed by atoms with Crippen LogP contribution >= 0.6 is 11.6 Å². The molecule has 1 heterocycles. The molecule has 1 fully saturated rings. The minimum Gasteiger partial charge on any atom is -0.468 e. The standard InChI is InChI=1S/C12H12ClNO4/c1-18-12(17)8-5-10(15)14-9-4-6(13)2-3-7(9)11(8)16/h2,4,7-8H,3,5H2,1H3,(H,14,15). The Kier molecular flexibility index (Phi) is 3.52. The number of carbonyl (C=O) groups excluding carboxylic acids is 3. The number of esters is 1. The van der Waals surface area contributed by atoms with Crippen molar-refractivity contribution in [2.75, 3.05) is 7.11 Å². The molecule has 1 aliphatic carbocycles. The molecule has 0 aromatic rings. The molecule has 1 N–H and O–H groups in total. The van der Waals surface area contributed by atoms with Crippen LogP contribution in [-0.4, -0.2) is 24.8 Å². The van der Waals surface area contributed by atoms with Gasteiger partial charge in [0.05, 0.1) is 13.0 Å². The third-order valence-corrected chi connectivity index (χ3v) is 3.33. The topological polar surface area (TPSA) is 72.5 Å². The van der Waals surface area contributed by atoms with Crippen molar-refractivity contribution in [3.05, 3.63) is 22.9 Å². The van der Waals surface area contributed by atoms with Gasteiger partial charge in [0.1, 0.15) is 5.92 Å². The molecule has 0 aromatic heterocycles. The molecule has 5 nitrogen and oxygen atoms in total. The number of fused-ring (bicyclic) bond motifs is 1. The summed E-state index contributed by atoms with van der Waals surface area (Å²) in [4.78, 5) is 35.4. The van der Waals surface area contributed by atoms with E-state index in [2.05, 4.69) is 10.1 Å². The summed E-state index contributed by atoms with van der Waals surface area (Å²) in [6.45, 7) is 0. The number of ether oxygens (including phenoxy) is 1. The van der Waals surface area contributed by atoms with Gasteiger partial charge in [-0.15, -0.1) is 0 Å². The van der Waals surface area contributed by atoms with E-state index in [4.69, 9.17) is 11.6 Å². The third kappa shape index (κ3) is 2.31. The summed E-state index contributed by atoms with van der Waals surface area (Å²) in [5, 5.41) is 3.10. The second-order valence-corrected chi connectivity index (χ2v) is 4.64. The van der Waals surface area contributed by atoms with Gasteiger partial charge in [-0.3, -0.25) is 14.4 Å². The van der Waals surface area contributed by atoms with E-state index in [0.29, 0.717) is 17.2 Å². The van der Waals surface area contributed by atoms with Gasteiger partial charge in [-0.1, -0.05) is 17.7 Å². The minimum absolute atomic E-state index is 0.184. The van der Waals surface area contributed by atoms with Gasteiger partial charge in [0.2, 0.25) is 5.91 Å². The predicted octanol–water partition coefficient (Wildman–Crippen LogP) is 0.891. The number of hydrogen-bond acceptors (Lipinski definition) is 4. The van der Waals surface area contributed by atoms with Crippen molar-refractivity contribution in [3.8, 4) is 0 Å². The van der Waals surface area contributed by atoms with Crippen LogP contribution in [0, 0.1) is 11.8 Å². The average molecular weight is 270 g/mol. The fourth-order valence-electron chi connectivity index (χ4n) is 2.14. The number of amides is 1. The summed E-state index contributed by atoms with van der Waals surface area (Å²) in [5.74, 6) is -2.90. The molecule has 1 saturated heterocycles. The van der Waals surface area contributed by atoms with E-state index in [0.717, 1.165) is 0 Å². The number of nitrogens with one attached hydrogen (secondary N) is 1. The average Bonchev–Trinajstić information content (AvgIpc) is 2.45. The van der Waals surface area contributed by atoms with Gasteiger partial charge >= 0.3 is 5.97 Å². The Morgan fingerprint density at radius 1 is 1.50 bits per heavy atom. The van der Waals surface area contributed by atoms with Gasteiger partial charge in [0.15, 0.2) is 5.78 Å². The highest BCUT2D eigenvalue weighted by atomic mass is 35.5. The van der Waals surface area contributed by atoms with Crippen molar-refractivity contribution < 1.29 is 19.1 Å². The Morgan fingerprint density at radius 3 is 2.89 bits per heavy atom. The van der Waals surface area contributed by atoms with E-state index in [-0.39, 0.29) is 18.1 Å². The molecule has 0 radical (unpaired) electrons. The van der Waals surface area contributed by atoms with Gasteiger partial charge in [0.25, 0.3) is 0 Å². The first-order valence-electron chi connectivity index (χ1n) is 5.51. The Labute approximate surface area is 109 Å². The second kappa shape index (κ2) is 4.94. The highest BCUT2D eigenvalue weighted by molar-refractivity contribution is 6.31. The van der Waals surface area contributed by atoms with Crippen LogP contribution in [0.1, 0.15) is 12.8 Å². The molecule has 0 bridgehead atoms. The fraction of sp³-hybridized carbons (Fsp3) is 0.417. The maximum Gasteiger partial charge on any atom is 0.316 e. The Balaban J connectivity index is 2.33. The lowest BCUT2D eigenvalue weighted by Crippen LogP contribution is -2.31. The molecule has 2 atom stereocenters. The quantitative estimate of drug-likeness (QED) is 0.567. The summed E-state index contributed by atoms with van der Waals surface area (Å²) >= 11 is 5.84. The lowest BCUT2D eigenvalue weighted by atomic mass is 9.86. The summed E-state index contributed by atoms with van der Waals surface area (Å²) in [5.41, 5.74) is 0.462. The molecule has 0 saturated carbocycles. The van der Waals surface area contributed by atoms with Crippen LogP contribution in [0.3, 0.4) is 0 Å². The highest BCUT2D eigenvalue weighted by Gasteiger charge is 2.40. The van der Waals surface area contributed by atoms with Crippen LogP contribution in [-0.2, 0) is 19.1 Å². The number of carbonyl (C=O) groups is 3. The summed E-state index contributed by atoms with van der Waals surface area (Å²) in [6, 6.07) is 0. The molecule has 1 amide bonds. The van der Waals surface area contributed by atoms with Gasteiger partial charge in [-0.25, -0.2) is 0 Å². The number of hydrogen-bond donors (Lipinski definition) is 1. The SMILES string of the molecule is COC(=O)C1CC(=O)NC2=CC(Cl)=CCC2C1=O. The van der Waals surface area contributed by atoms with Crippen molar-refractivity contribution in [3.63, 3.8) is 0 Å². The smallest absolute Gasteiger partial charge is 0.316 e. The van der Waals surface area contributed by atoms with Crippen molar-refractivity contribution in [2.24, 2.45) is 11.8 Å². The zero-order chi connectivity index (χ0) is 13.3. The maximum atomic E-state index is 12.2. The van der Waals surface area contributed by atoms with Crippen LogP contribution < -0.4 is 5.32 Å². The molecular weight excluding hydrogens is 258 g/mol. The maximum absolute atomic E-state index is 12.2. The monoisotopic (exact) mass is 269 g/mol. The first kappa shape index (κ1) is 12.8. The molecule has 6 heteroatoms. The zero-order valence-corrected chi connectivity index (χ0v) is 10.5. The second-order valence-electron chi connectivity index (χ2n) is 4.21. The normalized spacial score (nSPS) is 27.4. The minimum atomic E-state index is -1.03. The van der Waals surface area contributed by atoms with Crippen LogP contribution in [0.4, 0.5) is 0 Å². The number of rotatable bonds is 1. The highest BCUT2D eigenvalue weighted by Crippen LogP contribution is 2.30. The van der Waals surface area contributed by atoms with E-state index < -0.39 is 17.8 Å². The number of Topliss-reactive ketones (excluding diaryl/α,β-unsaturated/α-hetero) is 1. The first-order valence-corrected chi connectivity index (χ1v) is 5.89. The van der Waals surface area contributed by atoms with Gasteiger partial charge in [-0.05, 0) is 12.5 Å². The number of allylic oxidation sites excluding steroid dienone is 4. The van der Waals surface area contributed by atoms with E-state index in [9.17, 15) is 14.4 Å². The molecule has 96 valence electrons. The molecule has 18 heavy (non-hydrogen) atoms. The zero-order valence-electron chi connectivity index (χ0n) is 9.73. The molecule has 1 aliphatic heterocycles. The van der Waals surface area contributed by atoms with Gasteiger partial charge in [0, 0.05) is 17.2 Å². The van der Waals surface area contributed by atoms with Crippen molar-refractivity contribution in [1.82, 2.24) is 5.32 Å². The predicted molar refractivity (Wildman–Crippen MR) is 63.4 cm³/mol. The number of halogens is 1. The molecule has 2 aliphatic rings. The third-order valence-electron chi connectivity index (χ3n) is 3.06. The van der Waals surface area contributed by atoms with E-state index in [1.807, 2.05) is 0 Å². The van der Waals surface area contributed by atoms with Gasteiger partial charge < -0.3 is 10.1 Å². The Hall–Kier alpha value is -1.62. The molecule has 0 aromatic carbocycles. The van der Waals surface area contributed by atoms with Crippen LogP contribution in [0.2, 0.25) is 0 Å². The number of ketones is 1.